The molecule has 0 bridgehead atoms. The van der Waals surface area contributed by atoms with Crippen molar-refractivity contribution in [1.29, 1.82) is 0 Å². The number of hydrogen-bond donors (Lipinski definition) is 17. The summed E-state index contributed by atoms with van der Waals surface area (Å²) >= 11 is 0. The average Bonchev–Trinajstić information content (AvgIpc) is 3.59. The number of unbranched alkanes of at least 4 members (excludes halogenated alkanes) is 4. The topological polar surface area (TPSA) is 543 Å². The number of carboxylic acids is 3. The van der Waals surface area contributed by atoms with Crippen molar-refractivity contribution >= 4 is 83.2 Å². The number of primary amides is 1. The van der Waals surface area contributed by atoms with E-state index in [0.29, 0.717) is 57.1 Å². The number of carbonyl (C=O) groups excluding carboxylic acids is 10. The van der Waals surface area contributed by atoms with Crippen LogP contribution in [0.15, 0.2) is 29.4 Å². The lowest BCUT2D eigenvalue weighted by atomic mass is 10.0. The van der Waals surface area contributed by atoms with Crippen LogP contribution in [0.25, 0.3) is 0 Å². The second-order valence-corrected chi connectivity index (χ2v) is 20.2. The van der Waals surface area contributed by atoms with Crippen molar-refractivity contribution in [2.24, 2.45) is 39.7 Å². The number of amides is 10. The number of hydrogen-bond acceptors (Lipinski definition) is 19. The number of carboxylic acid groups (broad SMARTS) is 3. The third-order valence-electron chi connectivity index (χ3n) is 12.7. The highest BCUT2D eigenvalue weighted by Crippen LogP contribution is 2.11. The monoisotopic (exact) mass is 1220 g/mol. The summed E-state index contributed by atoms with van der Waals surface area (Å²) in [6.45, 7) is 2.15. The molecule has 0 heterocycles. The third kappa shape index (κ3) is 32.0. The highest BCUT2D eigenvalue weighted by Gasteiger charge is 2.36. The van der Waals surface area contributed by atoms with Crippen LogP contribution in [0.4, 0.5) is 4.39 Å². The summed E-state index contributed by atoms with van der Waals surface area (Å²) in [6.07, 6.45) is 1.27. The van der Waals surface area contributed by atoms with Crippen LogP contribution in [-0.2, 0) is 67.2 Å². The van der Waals surface area contributed by atoms with Crippen molar-refractivity contribution in [2.75, 3.05) is 39.3 Å². The summed E-state index contributed by atoms with van der Waals surface area (Å²) < 4.78 is 13.2. The Morgan fingerprint density at radius 1 is 0.488 bits per heavy atom. The van der Waals surface area contributed by atoms with Crippen molar-refractivity contribution in [1.82, 2.24) is 47.9 Å². The van der Waals surface area contributed by atoms with E-state index in [-0.39, 0.29) is 51.7 Å². The minimum absolute atomic E-state index is 0.0296. The largest absolute Gasteiger partial charge is 0.481 e. The molecule has 0 fully saturated rings. The van der Waals surface area contributed by atoms with Crippen molar-refractivity contribution in [2.45, 2.75) is 165 Å². The van der Waals surface area contributed by atoms with Crippen LogP contribution in [-0.4, -0.2) is 186 Å². The standard InChI is InChI=1S/C53H86FN15O17/c1-30(2)45(69-51(83)37(19-20-42(72)73)67-52(84)39(26-44(76)77)63-41(71)29-86-61-27-31-15-17-32(54)18-16-31)53(85)68-38(25-43(74)75)47(79)60-28-40(70)62-34(12-4-8-22-56)48(80)65-36(14-6-10-24-58)50(82)66-35(13-5-9-23-57)49(81)64-33(46(59)78)11-3-7-21-55/h15-18,27,30,33-39,45H,3-14,19-26,28-29,55-58H2,1-2H3,(H2,59,78)(H,60,79)(H,62,70)(H,63,71)(H,64,81)(H,65,80)(H,66,82)(H,67,84)(H,68,85)(H,69,83)(H,72,73)(H,74,75)(H,76,77)/b61-27-/t33-,34-,35-,36-,37-,38-,39-,45-/m0/s1. The lowest BCUT2D eigenvalue weighted by Crippen LogP contribution is -2.60. The Morgan fingerprint density at radius 2 is 0.872 bits per heavy atom. The molecule has 0 saturated heterocycles. The number of oxime groups is 1. The van der Waals surface area contributed by atoms with Crippen LogP contribution in [0.5, 0.6) is 0 Å². The molecule has 1 aromatic rings. The van der Waals surface area contributed by atoms with E-state index in [1.807, 2.05) is 0 Å². The summed E-state index contributed by atoms with van der Waals surface area (Å²) in [6, 6.07) is -7.19. The lowest BCUT2D eigenvalue weighted by molar-refractivity contribution is -0.142. The minimum Gasteiger partial charge on any atom is -0.481 e. The number of aliphatic carboxylic acids is 3. The molecule has 0 aliphatic carbocycles. The van der Waals surface area contributed by atoms with Gasteiger partial charge in [-0.05, 0) is 133 Å². The first-order chi connectivity index (χ1) is 40.8. The zero-order valence-electron chi connectivity index (χ0n) is 48.4. The second-order valence-electron chi connectivity index (χ2n) is 20.2. The molecular weight excluding hydrogens is 1140 g/mol. The van der Waals surface area contributed by atoms with E-state index in [1.165, 1.54) is 26.0 Å². The average molecular weight is 1220 g/mol. The molecule has 0 saturated carbocycles. The van der Waals surface area contributed by atoms with Gasteiger partial charge in [-0.3, -0.25) is 62.3 Å². The molecule has 0 aromatic heterocycles. The Hall–Kier alpha value is -8.43. The van der Waals surface area contributed by atoms with E-state index < -0.39 is 176 Å². The predicted octanol–water partition coefficient (Wildman–Crippen LogP) is -4.36. The van der Waals surface area contributed by atoms with Crippen LogP contribution in [0.2, 0.25) is 0 Å². The molecule has 482 valence electrons. The first kappa shape index (κ1) is 75.6. The van der Waals surface area contributed by atoms with E-state index in [9.17, 15) is 82.0 Å². The van der Waals surface area contributed by atoms with Gasteiger partial charge in [0.15, 0.2) is 6.61 Å². The number of nitrogens with two attached hydrogens (primary N) is 5. The molecule has 0 spiro atoms. The first-order valence-corrected chi connectivity index (χ1v) is 28.1. The van der Waals surface area contributed by atoms with Crippen LogP contribution in [0.1, 0.15) is 122 Å². The summed E-state index contributed by atoms with van der Waals surface area (Å²) in [5.41, 5.74) is 28.6. The Morgan fingerprint density at radius 3 is 1.30 bits per heavy atom. The molecule has 8 atom stereocenters. The fraction of sp³-hybridized carbons (Fsp3) is 0.623. The van der Waals surface area contributed by atoms with Gasteiger partial charge < -0.3 is 96.7 Å². The van der Waals surface area contributed by atoms with Crippen LogP contribution >= 0.6 is 0 Å². The molecule has 32 nitrogen and oxygen atoms in total. The van der Waals surface area contributed by atoms with E-state index >= 15 is 0 Å². The Kier molecular flexibility index (Phi) is 37.3. The zero-order chi connectivity index (χ0) is 64.7. The number of nitrogens with zero attached hydrogens (tertiary/aromatic N) is 1. The third-order valence-corrected chi connectivity index (χ3v) is 12.7. The van der Waals surface area contributed by atoms with Crippen LogP contribution < -0.4 is 76.5 Å². The predicted molar refractivity (Wildman–Crippen MR) is 305 cm³/mol. The first-order valence-electron chi connectivity index (χ1n) is 28.1. The number of halogens is 1. The molecule has 1 rings (SSSR count). The summed E-state index contributed by atoms with van der Waals surface area (Å²) in [7, 11) is 0. The van der Waals surface area contributed by atoms with Gasteiger partial charge in [0.2, 0.25) is 53.2 Å². The van der Waals surface area contributed by atoms with Gasteiger partial charge in [0, 0.05) is 6.42 Å². The lowest BCUT2D eigenvalue weighted by Gasteiger charge is -2.27. The maximum absolute atomic E-state index is 14.0. The Balaban J connectivity index is 3.29. The zero-order valence-corrected chi connectivity index (χ0v) is 48.4. The fourth-order valence-electron chi connectivity index (χ4n) is 8.02. The van der Waals surface area contributed by atoms with Gasteiger partial charge in [-0.1, -0.05) is 31.1 Å². The SMILES string of the molecule is CC(C)[C@H](NC(=O)[C@H](CCC(=O)O)NC(=O)[C@H](CC(=O)O)NC(=O)CO/N=C\c1ccc(F)cc1)C(=O)N[C@@H](CC(=O)O)C(=O)NCC(=O)N[C@@H](CCCCN)C(=O)N[C@@H](CCCCN)C(=O)N[C@@H](CCCCN)C(=O)N[C@@H](CCCCN)C(N)=O. The summed E-state index contributed by atoms with van der Waals surface area (Å²) in [5.74, 6) is -16.1. The molecule has 0 radical (unpaired) electrons. The van der Waals surface area contributed by atoms with Crippen LogP contribution in [0, 0.1) is 11.7 Å². The number of nitrogens with one attached hydrogen (secondary N) is 9. The number of rotatable bonds is 46. The van der Waals surface area contributed by atoms with Crippen molar-refractivity contribution in [3.63, 3.8) is 0 Å². The highest BCUT2D eigenvalue weighted by atomic mass is 19.1. The van der Waals surface area contributed by atoms with E-state index in [0.717, 1.165) is 18.3 Å². The molecule has 0 aliphatic rings. The van der Waals surface area contributed by atoms with Gasteiger partial charge in [-0.2, -0.15) is 0 Å². The quantitative estimate of drug-likeness (QED) is 0.0167. The normalized spacial score (nSPS) is 13.9. The molecule has 0 aliphatic heterocycles. The van der Waals surface area contributed by atoms with Crippen molar-refractivity contribution in [3.8, 4) is 0 Å². The smallest absolute Gasteiger partial charge is 0.305 e. The van der Waals surface area contributed by atoms with Crippen molar-refractivity contribution in [3.05, 3.63) is 35.6 Å². The molecule has 0 unspecified atom stereocenters. The molecule has 22 N–H and O–H groups in total. The van der Waals surface area contributed by atoms with Crippen molar-refractivity contribution < 1.29 is 86.9 Å². The minimum atomic E-state index is -1.93. The maximum atomic E-state index is 14.0. The maximum Gasteiger partial charge on any atom is 0.305 e. The molecule has 1 aromatic carbocycles. The van der Waals surface area contributed by atoms with E-state index in [4.69, 9.17) is 33.5 Å². The second kappa shape index (κ2) is 42.4. The Bertz CT molecular complexity index is 2440. The summed E-state index contributed by atoms with van der Waals surface area (Å²) in [4.78, 5) is 175. The van der Waals surface area contributed by atoms with Gasteiger partial charge in [0.05, 0.1) is 25.6 Å². The van der Waals surface area contributed by atoms with E-state index in [2.05, 4.69) is 53.0 Å². The Labute approximate surface area is 496 Å². The van der Waals surface area contributed by atoms with Gasteiger partial charge in [0.25, 0.3) is 5.91 Å². The van der Waals surface area contributed by atoms with Crippen LogP contribution in [0.3, 0.4) is 0 Å². The van der Waals surface area contributed by atoms with Gasteiger partial charge >= 0.3 is 17.9 Å². The van der Waals surface area contributed by atoms with Gasteiger partial charge in [-0.25, -0.2) is 4.39 Å². The molecule has 10 amide bonds. The molecular formula is C53H86FN15O17. The summed E-state index contributed by atoms with van der Waals surface area (Å²) in [5, 5.41) is 53.5. The van der Waals surface area contributed by atoms with Gasteiger partial charge in [0.1, 0.15) is 54.2 Å². The van der Waals surface area contributed by atoms with Gasteiger partial charge in [-0.15, -0.1) is 0 Å². The number of carbonyl (C=O) groups is 13. The highest BCUT2D eigenvalue weighted by molar-refractivity contribution is 5.99. The fourth-order valence-corrected chi connectivity index (χ4v) is 8.02. The number of benzene rings is 1. The molecule has 86 heavy (non-hydrogen) atoms. The molecule has 33 heteroatoms. The van der Waals surface area contributed by atoms with E-state index in [1.54, 1.807) is 0 Å².